The monoisotopic (exact) mass is 440 g/mol. The fraction of sp³-hybridized carbons (Fsp3) is 0.520. The summed E-state index contributed by atoms with van der Waals surface area (Å²) in [5.74, 6) is 1.74. The highest BCUT2D eigenvalue weighted by Crippen LogP contribution is 2.37. The molecule has 2 aromatic rings. The Hall–Kier alpha value is -2.96. The Morgan fingerprint density at radius 3 is 2.59 bits per heavy atom. The number of ether oxygens (including phenoxy) is 2. The standard InChI is InChI=1S/C25H32N2O5/c1-3-13-32-21-12-11-18(15-22(21)30-2)24-25(29)26(19-8-5-4-6-9-19)17-23(28)27(24)16-20-10-7-14-31-20/h7,10-12,14-15,19,24H,3-6,8-9,13,16-17H2,1-2H3. The molecular weight excluding hydrogens is 408 g/mol. The number of benzene rings is 1. The van der Waals surface area contributed by atoms with Gasteiger partial charge in [-0.1, -0.05) is 32.3 Å². The van der Waals surface area contributed by atoms with Gasteiger partial charge in [0.15, 0.2) is 11.5 Å². The fourth-order valence-corrected chi connectivity index (χ4v) is 4.71. The number of piperazine rings is 1. The topological polar surface area (TPSA) is 72.2 Å². The first-order chi connectivity index (χ1) is 15.6. The maximum Gasteiger partial charge on any atom is 0.250 e. The zero-order valence-electron chi connectivity index (χ0n) is 18.9. The van der Waals surface area contributed by atoms with Gasteiger partial charge in [0, 0.05) is 6.04 Å². The third-order valence-electron chi connectivity index (χ3n) is 6.34. The summed E-state index contributed by atoms with van der Waals surface area (Å²) in [4.78, 5) is 30.5. The highest BCUT2D eigenvalue weighted by molar-refractivity contribution is 5.96. The van der Waals surface area contributed by atoms with Crippen LogP contribution in [0.5, 0.6) is 11.5 Å². The second kappa shape index (κ2) is 10.1. The second-order valence-corrected chi connectivity index (χ2v) is 8.52. The van der Waals surface area contributed by atoms with E-state index in [1.165, 1.54) is 6.42 Å². The lowest BCUT2D eigenvalue weighted by atomic mass is 9.91. The minimum Gasteiger partial charge on any atom is -0.493 e. The number of hydrogen-bond donors (Lipinski definition) is 0. The fourth-order valence-electron chi connectivity index (χ4n) is 4.71. The van der Waals surface area contributed by atoms with E-state index in [-0.39, 0.29) is 30.9 Å². The number of carbonyl (C=O) groups excluding carboxylic acids is 2. The zero-order chi connectivity index (χ0) is 22.5. The summed E-state index contributed by atoms with van der Waals surface area (Å²) < 4.78 is 16.8. The van der Waals surface area contributed by atoms with Crippen molar-refractivity contribution in [3.8, 4) is 11.5 Å². The van der Waals surface area contributed by atoms with E-state index < -0.39 is 6.04 Å². The first-order valence-corrected chi connectivity index (χ1v) is 11.6. The van der Waals surface area contributed by atoms with E-state index >= 15 is 0 Å². The maximum absolute atomic E-state index is 13.8. The molecule has 1 atom stereocenters. The minimum atomic E-state index is -0.725. The average molecular weight is 441 g/mol. The molecule has 1 aromatic carbocycles. The molecule has 7 heteroatoms. The molecule has 1 saturated heterocycles. The van der Waals surface area contributed by atoms with Crippen molar-refractivity contribution in [3.05, 3.63) is 47.9 Å². The van der Waals surface area contributed by atoms with E-state index in [2.05, 4.69) is 0 Å². The number of rotatable bonds is 8. The number of methoxy groups -OCH3 is 1. The van der Waals surface area contributed by atoms with E-state index in [9.17, 15) is 9.59 Å². The Morgan fingerprint density at radius 2 is 1.91 bits per heavy atom. The van der Waals surface area contributed by atoms with Crippen molar-refractivity contribution in [2.45, 2.75) is 64.1 Å². The van der Waals surface area contributed by atoms with Crippen LogP contribution in [0.3, 0.4) is 0 Å². The molecule has 32 heavy (non-hydrogen) atoms. The maximum atomic E-state index is 13.8. The number of amides is 2. The molecule has 1 saturated carbocycles. The largest absolute Gasteiger partial charge is 0.493 e. The highest BCUT2D eigenvalue weighted by atomic mass is 16.5. The van der Waals surface area contributed by atoms with Gasteiger partial charge in [-0.25, -0.2) is 0 Å². The molecule has 0 bridgehead atoms. The van der Waals surface area contributed by atoms with Gasteiger partial charge in [-0.15, -0.1) is 0 Å². The Bertz CT molecular complexity index is 920. The predicted octanol–water partition coefficient (Wildman–Crippen LogP) is 4.32. The van der Waals surface area contributed by atoms with Crippen LogP contribution in [0.2, 0.25) is 0 Å². The molecule has 0 spiro atoms. The molecule has 2 aliphatic rings. The van der Waals surface area contributed by atoms with E-state index in [0.29, 0.717) is 23.9 Å². The van der Waals surface area contributed by atoms with E-state index in [0.717, 1.165) is 37.7 Å². The van der Waals surface area contributed by atoms with Crippen molar-refractivity contribution in [1.82, 2.24) is 9.80 Å². The molecule has 1 aliphatic carbocycles. The molecule has 0 radical (unpaired) electrons. The van der Waals surface area contributed by atoms with Crippen molar-refractivity contribution in [2.75, 3.05) is 20.3 Å². The summed E-state index contributed by atoms with van der Waals surface area (Å²) in [6.45, 7) is 2.99. The summed E-state index contributed by atoms with van der Waals surface area (Å²) in [5, 5.41) is 0. The summed E-state index contributed by atoms with van der Waals surface area (Å²) in [6.07, 6.45) is 7.76. The molecule has 7 nitrogen and oxygen atoms in total. The van der Waals surface area contributed by atoms with Gasteiger partial charge in [-0.3, -0.25) is 9.59 Å². The Balaban J connectivity index is 1.68. The summed E-state index contributed by atoms with van der Waals surface area (Å²) in [6, 6.07) is 8.53. The van der Waals surface area contributed by atoms with Crippen molar-refractivity contribution in [3.63, 3.8) is 0 Å². The molecule has 2 heterocycles. The molecule has 172 valence electrons. The third kappa shape index (κ3) is 4.61. The van der Waals surface area contributed by atoms with Crippen molar-refractivity contribution in [1.29, 1.82) is 0 Å². The molecular formula is C25H32N2O5. The van der Waals surface area contributed by atoms with Gasteiger partial charge in [0.25, 0.3) is 5.91 Å². The molecule has 1 aliphatic heterocycles. The summed E-state index contributed by atoms with van der Waals surface area (Å²) in [7, 11) is 1.58. The number of furan rings is 1. The van der Waals surface area contributed by atoms with Crippen LogP contribution in [0.15, 0.2) is 41.0 Å². The lowest BCUT2D eigenvalue weighted by Gasteiger charge is -2.44. The van der Waals surface area contributed by atoms with Gasteiger partial charge in [-0.2, -0.15) is 0 Å². The van der Waals surface area contributed by atoms with Gasteiger partial charge in [-0.05, 0) is 49.1 Å². The normalized spacial score (nSPS) is 20.0. The van der Waals surface area contributed by atoms with Gasteiger partial charge < -0.3 is 23.7 Å². The summed E-state index contributed by atoms with van der Waals surface area (Å²) >= 11 is 0. The van der Waals surface area contributed by atoms with Crippen molar-refractivity contribution < 1.29 is 23.5 Å². The Labute approximate surface area is 189 Å². The van der Waals surface area contributed by atoms with Gasteiger partial charge >= 0.3 is 0 Å². The van der Waals surface area contributed by atoms with E-state index in [1.807, 2.05) is 31.2 Å². The number of nitrogens with zero attached hydrogens (tertiary/aromatic N) is 2. The minimum absolute atomic E-state index is 0.0349. The van der Waals surface area contributed by atoms with Crippen LogP contribution < -0.4 is 9.47 Å². The van der Waals surface area contributed by atoms with Crippen LogP contribution in [-0.2, 0) is 16.1 Å². The van der Waals surface area contributed by atoms with Crippen molar-refractivity contribution >= 4 is 11.8 Å². The molecule has 4 rings (SSSR count). The van der Waals surface area contributed by atoms with Gasteiger partial charge in [0.05, 0.1) is 26.5 Å². The van der Waals surface area contributed by atoms with Crippen molar-refractivity contribution in [2.24, 2.45) is 0 Å². The SMILES string of the molecule is CCCOc1ccc(C2C(=O)N(C3CCCCC3)CC(=O)N2Cc2ccco2)cc1OC. The van der Waals surface area contributed by atoms with E-state index in [1.54, 1.807) is 29.2 Å². The number of carbonyl (C=O) groups is 2. The van der Waals surface area contributed by atoms with Crippen LogP contribution in [0.4, 0.5) is 0 Å². The van der Waals surface area contributed by atoms with E-state index in [4.69, 9.17) is 13.9 Å². The Kier molecular flexibility index (Phi) is 7.02. The lowest BCUT2D eigenvalue weighted by Crippen LogP contribution is -2.58. The number of hydrogen-bond acceptors (Lipinski definition) is 5. The first kappa shape index (κ1) is 22.2. The van der Waals surface area contributed by atoms with Crippen LogP contribution in [0.25, 0.3) is 0 Å². The van der Waals surface area contributed by atoms with Gasteiger partial charge in [0.2, 0.25) is 5.91 Å². The predicted molar refractivity (Wildman–Crippen MR) is 119 cm³/mol. The second-order valence-electron chi connectivity index (χ2n) is 8.52. The van der Waals surface area contributed by atoms with Gasteiger partial charge in [0.1, 0.15) is 18.3 Å². The lowest BCUT2D eigenvalue weighted by molar-refractivity contribution is -0.160. The Morgan fingerprint density at radius 1 is 1.09 bits per heavy atom. The van der Waals surface area contributed by atoms with Crippen LogP contribution in [-0.4, -0.2) is 47.9 Å². The van der Waals surface area contributed by atoms with Crippen LogP contribution >= 0.6 is 0 Å². The average Bonchev–Trinajstić information content (AvgIpc) is 3.34. The smallest absolute Gasteiger partial charge is 0.250 e. The summed E-state index contributed by atoms with van der Waals surface area (Å²) in [5.41, 5.74) is 0.719. The molecule has 0 N–H and O–H groups in total. The highest BCUT2D eigenvalue weighted by Gasteiger charge is 2.43. The first-order valence-electron chi connectivity index (χ1n) is 11.6. The van der Waals surface area contributed by atoms with Crippen LogP contribution in [0, 0.1) is 0 Å². The molecule has 2 fully saturated rings. The zero-order valence-corrected chi connectivity index (χ0v) is 18.9. The molecule has 1 unspecified atom stereocenters. The third-order valence-corrected chi connectivity index (χ3v) is 6.34. The van der Waals surface area contributed by atoms with Crippen LogP contribution in [0.1, 0.15) is 62.8 Å². The molecule has 1 aromatic heterocycles. The molecule has 2 amide bonds. The quantitative estimate of drug-likeness (QED) is 0.611.